The van der Waals surface area contributed by atoms with E-state index in [-0.39, 0.29) is 5.91 Å². The van der Waals surface area contributed by atoms with Gasteiger partial charge in [0.1, 0.15) is 6.04 Å². The lowest BCUT2D eigenvalue weighted by Crippen LogP contribution is -2.58. The third-order valence-electron chi connectivity index (χ3n) is 6.07. The van der Waals surface area contributed by atoms with E-state index in [1.807, 2.05) is 0 Å². The van der Waals surface area contributed by atoms with Crippen molar-refractivity contribution in [3.8, 4) is 0 Å². The van der Waals surface area contributed by atoms with E-state index in [1.165, 1.54) is 4.90 Å². The summed E-state index contributed by atoms with van der Waals surface area (Å²) in [6, 6.07) is -1.94. The summed E-state index contributed by atoms with van der Waals surface area (Å²) in [6.07, 6.45) is 2.20. The Kier molecular flexibility index (Phi) is 5.28. The number of nitrogens with one attached hydrogen (secondary N) is 2. The number of carbonyl (C=O) groups is 3. The quantitative estimate of drug-likeness (QED) is 0.587. The summed E-state index contributed by atoms with van der Waals surface area (Å²) in [5.41, 5.74) is 4.56. The molecule has 4 amide bonds. The highest BCUT2D eigenvalue weighted by atomic mass is 19.3. The highest BCUT2D eigenvalue weighted by molar-refractivity contribution is 5.88. The molecule has 1 unspecified atom stereocenters. The molecule has 0 aromatic carbocycles. The van der Waals surface area contributed by atoms with Crippen LogP contribution >= 0.6 is 0 Å². The fourth-order valence-corrected chi connectivity index (χ4v) is 4.00. The molecule has 2 aliphatic heterocycles. The minimum absolute atomic E-state index is 0.105. The van der Waals surface area contributed by atoms with Crippen LogP contribution < -0.4 is 16.4 Å². The predicted molar refractivity (Wildman–Crippen MR) is 97.3 cm³/mol. The van der Waals surface area contributed by atoms with Gasteiger partial charge >= 0.3 is 6.03 Å². The molecule has 1 atom stereocenters. The molecule has 158 valence electrons. The largest absolute Gasteiger partial charge is 0.345 e. The van der Waals surface area contributed by atoms with E-state index in [1.54, 1.807) is 11.9 Å². The molecular weight excluding hydrogens is 372 g/mol. The summed E-state index contributed by atoms with van der Waals surface area (Å²) >= 11 is 0. The Balaban J connectivity index is 1.59. The number of hydrogen-bond donors (Lipinski definition) is 3. The first kappa shape index (κ1) is 20.8. The SMILES string of the molecule is CN1CCC2(CCN(C(=O)NC(CC(C)(F)F)C(=O)NC3(N)CC3)CC2)C1=O. The average Bonchev–Trinajstić information content (AvgIpc) is 3.27. The molecule has 0 aromatic rings. The van der Waals surface area contributed by atoms with Crippen LogP contribution in [0.15, 0.2) is 0 Å². The van der Waals surface area contributed by atoms with Crippen molar-refractivity contribution in [1.82, 2.24) is 20.4 Å². The van der Waals surface area contributed by atoms with Gasteiger partial charge in [0, 0.05) is 33.1 Å². The number of amides is 4. The molecule has 28 heavy (non-hydrogen) atoms. The number of likely N-dealkylation sites (tertiary alicyclic amines) is 2. The Morgan fingerprint density at radius 1 is 1.18 bits per heavy atom. The standard InChI is InChI=1S/C18H29F2N5O3/c1-16(19,20)11-12(13(26)23-18(21)3-4-18)22-15(28)25-9-6-17(7-10-25)5-8-24(2)14(17)27/h12H,3-11,21H2,1-2H3,(H,22,28)(H,23,26). The zero-order chi connectivity index (χ0) is 20.7. The highest BCUT2D eigenvalue weighted by Gasteiger charge is 2.48. The summed E-state index contributed by atoms with van der Waals surface area (Å²) in [4.78, 5) is 40.5. The molecule has 0 aromatic heterocycles. The molecule has 3 rings (SSSR count). The number of urea groups is 1. The normalized spacial score (nSPS) is 24.2. The van der Waals surface area contributed by atoms with Crippen LogP contribution in [0, 0.1) is 5.41 Å². The summed E-state index contributed by atoms with van der Waals surface area (Å²) < 4.78 is 27.1. The van der Waals surface area contributed by atoms with Crippen molar-refractivity contribution in [3.05, 3.63) is 0 Å². The van der Waals surface area contributed by atoms with Crippen LogP contribution in [-0.4, -0.2) is 72.0 Å². The zero-order valence-corrected chi connectivity index (χ0v) is 16.4. The van der Waals surface area contributed by atoms with Gasteiger partial charge in [-0.25, -0.2) is 13.6 Å². The number of nitrogens with two attached hydrogens (primary N) is 1. The smallest absolute Gasteiger partial charge is 0.318 e. The monoisotopic (exact) mass is 401 g/mol. The molecule has 1 spiro atoms. The van der Waals surface area contributed by atoms with Crippen LogP contribution in [0.2, 0.25) is 0 Å². The molecule has 3 fully saturated rings. The van der Waals surface area contributed by atoms with Crippen LogP contribution in [0.25, 0.3) is 0 Å². The van der Waals surface area contributed by atoms with E-state index >= 15 is 0 Å². The van der Waals surface area contributed by atoms with E-state index in [9.17, 15) is 23.2 Å². The molecule has 4 N–H and O–H groups in total. The van der Waals surface area contributed by atoms with Crippen LogP contribution in [-0.2, 0) is 9.59 Å². The van der Waals surface area contributed by atoms with Gasteiger partial charge in [0.2, 0.25) is 17.7 Å². The Hall–Kier alpha value is -1.97. The van der Waals surface area contributed by atoms with Gasteiger partial charge in [-0.1, -0.05) is 0 Å². The molecule has 1 saturated carbocycles. The third-order valence-corrected chi connectivity index (χ3v) is 6.07. The Morgan fingerprint density at radius 3 is 2.21 bits per heavy atom. The maximum Gasteiger partial charge on any atom is 0.318 e. The lowest BCUT2D eigenvalue weighted by molar-refractivity contribution is -0.137. The van der Waals surface area contributed by atoms with Gasteiger partial charge in [0.25, 0.3) is 0 Å². The molecule has 1 aliphatic carbocycles. The number of hydrogen-bond acceptors (Lipinski definition) is 4. The minimum atomic E-state index is -3.12. The first-order valence-electron chi connectivity index (χ1n) is 9.73. The van der Waals surface area contributed by atoms with E-state index in [2.05, 4.69) is 10.6 Å². The molecule has 8 nitrogen and oxygen atoms in total. The lowest BCUT2D eigenvalue weighted by Gasteiger charge is -2.38. The number of piperidine rings is 1. The van der Waals surface area contributed by atoms with Crippen LogP contribution in [0.3, 0.4) is 0 Å². The molecule has 0 bridgehead atoms. The number of carbonyl (C=O) groups excluding carboxylic acids is 3. The maximum absolute atomic E-state index is 13.5. The first-order chi connectivity index (χ1) is 12.9. The second-order valence-corrected chi connectivity index (χ2v) is 8.67. The van der Waals surface area contributed by atoms with Crippen molar-refractivity contribution in [1.29, 1.82) is 0 Å². The summed E-state index contributed by atoms with van der Waals surface area (Å²) in [5, 5.41) is 4.97. The van der Waals surface area contributed by atoms with Gasteiger partial charge in [0.15, 0.2) is 0 Å². The van der Waals surface area contributed by atoms with Crippen molar-refractivity contribution in [2.75, 3.05) is 26.7 Å². The van der Waals surface area contributed by atoms with Gasteiger partial charge in [-0.15, -0.1) is 0 Å². The second kappa shape index (κ2) is 7.13. The number of halogens is 2. The van der Waals surface area contributed by atoms with Crippen molar-refractivity contribution in [2.45, 2.75) is 63.1 Å². The van der Waals surface area contributed by atoms with Gasteiger partial charge in [-0.05, 0) is 39.0 Å². The maximum atomic E-state index is 13.5. The summed E-state index contributed by atoms with van der Waals surface area (Å²) in [5.74, 6) is -3.71. The minimum Gasteiger partial charge on any atom is -0.345 e. The zero-order valence-electron chi connectivity index (χ0n) is 16.4. The topological polar surface area (TPSA) is 108 Å². The number of nitrogens with zero attached hydrogens (tertiary/aromatic N) is 2. The van der Waals surface area contributed by atoms with Crippen molar-refractivity contribution >= 4 is 17.8 Å². The number of rotatable bonds is 5. The van der Waals surface area contributed by atoms with E-state index in [0.29, 0.717) is 52.2 Å². The first-order valence-corrected chi connectivity index (χ1v) is 9.73. The Morgan fingerprint density at radius 2 is 1.75 bits per heavy atom. The Bertz CT molecular complexity index is 654. The van der Waals surface area contributed by atoms with Gasteiger partial charge in [0.05, 0.1) is 11.1 Å². The molecule has 0 radical (unpaired) electrons. The Labute approximate surface area is 163 Å². The molecular formula is C18H29F2N5O3. The van der Waals surface area contributed by atoms with Gasteiger partial charge in [-0.2, -0.15) is 0 Å². The fourth-order valence-electron chi connectivity index (χ4n) is 4.00. The van der Waals surface area contributed by atoms with Crippen LogP contribution in [0.5, 0.6) is 0 Å². The van der Waals surface area contributed by atoms with Gasteiger partial charge in [-0.3, -0.25) is 9.59 Å². The third kappa shape index (κ3) is 4.53. The van der Waals surface area contributed by atoms with E-state index in [4.69, 9.17) is 5.73 Å². The average molecular weight is 401 g/mol. The fraction of sp³-hybridized carbons (Fsp3) is 0.833. The second-order valence-electron chi connectivity index (χ2n) is 8.67. The summed E-state index contributed by atoms with van der Waals surface area (Å²) in [6.45, 7) is 2.12. The van der Waals surface area contributed by atoms with Gasteiger partial charge < -0.3 is 26.2 Å². The predicted octanol–water partition coefficient (Wildman–Crippen LogP) is 0.619. The van der Waals surface area contributed by atoms with Crippen LogP contribution in [0.1, 0.15) is 45.4 Å². The molecule has 2 saturated heterocycles. The van der Waals surface area contributed by atoms with Crippen molar-refractivity contribution < 1.29 is 23.2 Å². The molecule has 10 heteroatoms. The van der Waals surface area contributed by atoms with Crippen LogP contribution in [0.4, 0.5) is 13.6 Å². The highest BCUT2D eigenvalue weighted by Crippen LogP contribution is 2.41. The summed E-state index contributed by atoms with van der Waals surface area (Å²) in [7, 11) is 1.77. The van der Waals surface area contributed by atoms with E-state index < -0.39 is 41.4 Å². The molecule has 2 heterocycles. The van der Waals surface area contributed by atoms with Crippen molar-refractivity contribution in [3.63, 3.8) is 0 Å². The van der Waals surface area contributed by atoms with E-state index in [0.717, 1.165) is 6.42 Å². The van der Waals surface area contributed by atoms with Crippen molar-refractivity contribution in [2.24, 2.45) is 11.1 Å². The lowest BCUT2D eigenvalue weighted by atomic mass is 9.77. The number of alkyl halides is 2. The molecule has 3 aliphatic rings.